The van der Waals surface area contributed by atoms with E-state index < -0.39 is 34.4 Å². The van der Waals surface area contributed by atoms with E-state index >= 15 is 4.39 Å². The normalized spacial score (nSPS) is 20.9. The van der Waals surface area contributed by atoms with E-state index in [1.807, 2.05) is 0 Å². The molecule has 2 aliphatic rings. The Morgan fingerprint density at radius 1 is 0.907 bits per heavy atom. The van der Waals surface area contributed by atoms with Gasteiger partial charge in [0.05, 0.1) is 11.6 Å². The van der Waals surface area contributed by atoms with Gasteiger partial charge in [-0.05, 0) is 87.6 Å². The molecule has 0 aliphatic carbocycles. The van der Waals surface area contributed by atoms with Crippen LogP contribution < -0.4 is 0 Å². The number of phenolic OH excluding ortho intramolecular Hbond substituents is 2. The van der Waals surface area contributed by atoms with Gasteiger partial charge in [0.2, 0.25) is 5.91 Å². The number of Topliss-reactive ketones (excluding diaryl/α,β-unsaturated/α-hetero) is 1. The van der Waals surface area contributed by atoms with Crippen molar-refractivity contribution in [1.82, 2.24) is 9.80 Å². The second kappa shape index (κ2) is 11.5. The van der Waals surface area contributed by atoms with E-state index in [9.17, 15) is 29.7 Å². The second-order valence-electron chi connectivity index (χ2n) is 12.4. The number of amides is 1. The van der Waals surface area contributed by atoms with Crippen molar-refractivity contribution in [3.63, 3.8) is 0 Å². The Morgan fingerprint density at radius 2 is 1.51 bits per heavy atom. The van der Waals surface area contributed by atoms with E-state index in [2.05, 4.69) is 0 Å². The van der Waals surface area contributed by atoms with Crippen molar-refractivity contribution in [1.29, 1.82) is 0 Å². The molecule has 0 spiro atoms. The highest BCUT2D eigenvalue weighted by molar-refractivity contribution is 6.16. The van der Waals surface area contributed by atoms with Crippen LogP contribution in [0.1, 0.15) is 76.6 Å². The van der Waals surface area contributed by atoms with Gasteiger partial charge in [0.25, 0.3) is 0 Å². The fourth-order valence-electron chi connectivity index (χ4n) is 6.49. The molecule has 0 radical (unpaired) electrons. The van der Waals surface area contributed by atoms with Gasteiger partial charge < -0.3 is 20.2 Å². The lowest BCUT2D eigenvalue weighted by Crippen LogP contribution is -2.70. The third kappa shape index (κ3) is 5.79. The first-order valence-electron chi connectivity index (χ1n) is 14.6. The molecule has 0 aromatic heterocycles. The average Bonchev–Trinajstić information content (AvgIpc) is 2.96. The number of aliphatic hydroxyl groups is 1. The van der Waals surface area contributed by atoms with Gasteiger partial charge in [-0.25, -0.2) is 4.39 Å². The van der Waals surface area contributed by atoms with Crippen molar-refractivity contribution in [3.8, 4) is 11.5 Å². The summed E-state index contributed by atoms with van der Waals surface area (Å²) in [7, 11) is 0. The number of nitrogens with zero attached hydrogens (tertiary/aromatic N) is 2. The van der Waals surface area contributed by atoms with Crippen molar-refractivity contribution in [3.05, 3.63) is 94.3 Å². The Morgan fingerprint density at radius 3 is 2.12 bits per heavy atom. The van der Waals surface area contributed by atoms with Gasteiger partial charge in [0.1, 0.15) is 22.7 Å². The van der Waals surface area contributed by atoms with E-state index in [0.717, 1.165) is 25.3 Å². The predicted octanol–water partition coefficient (Wildman–Crippen LogP) is 4.79. The highest BCUT2D eigenvalue weighted by Gasteiger charge is 2.65. The maximum atomic E-state index is 15.7. The van der Waals surface area contributed by atoms with Crippen LogP contribution in [0.2, 0.25) is 0 Å². The third-order valence-corrected chi connectivity index (χ3v) is 8.46. The predicted molar refractivity (Wildman–Crippen MR) is 159 cm³/mol. The van der Waals surface area contributed by atoms with Crippen molar-refractivity contribution in [2.45, 2.75) is 51.7 Å². The van der Waals surface area contributed by atoms with E-state index in [1.54, 1.807) is 30.6 Å². The molecule has 2 saturated heterocycles. The molecule has 2 atom stereocenters. The summed E-state index contributed by atoms with van der Waals surface area (Å²) in [6, 6.07) is 13.2. The fourth-order valence-corrected chi connectivity index (χ4v) is 6.49. The number of carbonyl (C=O) groups is 3. The van der Waals surface area contributed by atoms with Crippen LogP contribution in [0.15, 0.2) is 60.7 Å². The largest absolute Gasteiger partial charge is 0.508 e. The Bertz CT molecular complexity index is 1580. The SMILES string of the molecule is Cc1c(F)cc(C(=O)c2cccc(O)c2)cc1[C@H]1N(CC(C)(C)O)C[C@@]1(C(=O)c1cccc(O)c1)C(=O)N1CCCCC1. The van der Waals surface area contributed by atoms with E-state index in [1.165, 1.54) is 54.6 Å². The standard InChI is InChI=1S/C34H37FN2O6/c1-21-27(17-24(18-28(21)35)29(40)22-9-7-11-25(38)15-22)30-34(20-37(30)19-33(2,3)43,32(42)36-13-5-4-6-14-36)31(41)23-10-8-12-26(39)16-23/h7-12,15-18,30,38-39,43H,4-6,13-14,19-20H2,1-3H3/t30-,34-/m1/s1. The first-order chi connectivity index (χ1) is 20.3. The average molecular weight is 589 g/mol. The molecule has 5 rings (SSSR count). The smallest absolute Gasteiger partial charge is 0.239 e. The molecule has 2 aliphatic heterocycles. The fraction of sp³-hybridized carbons (Fsp3) is 0.382. The Balaban J connectivity index is 1.70. The number of aromatic hydroxyl groups is 2. The van der Waals surface area contributed by atoms with Crippen LogP contribution >= 0.6 is 0 Å². The monoisotopic (exact) mass is 588 g/mol. The van der Waals surface area contributed by atoms with Gasteiger partial charge in [-0.15, -0.1) is 0 Å². The molecule has 3 aromatic rings. The first kappa shape index (κ1) is 30.4. The molecule has 0 unspecified atom stereocenters. The topological polar surface area (TPSA) is 118 Å². The molecule has 0 bridgehead atoms. The number of halogens is 1. The van der Waals surface area contributed by atoms with Crippen molar-refractivity contribution in [2.24, 2.45) is 5.41 Å². The lowest BCUT2D eigenvalue weighted by atomic mass is 9.62. The van der Waals surface area contributed by atoms with Gasteiger partial charge in [-0.2, -0.15) is 0 Å². The number of hydrogen-bond acceptors (Lipinski definition) is 7. The number of likely N-dealkylation sites (tertiary alicyclic amines) is 2. The maximum Gasteiger partial charge on any atom is 0.239 e. The van der Waals surface area contributed by atoms with Gasteiger partial charge in [-0.3, -0.25) is 19.3 Å². The Labute approximate surface area is 250 Å². The van der Waals surface area contributed by atoms with Gasteiger partial charge in [-0.1, -0.05) is 24.3 Å². The first-order valence-corrected chi connectivity index (χ1v) is 14.6. The minimum absolute atomic E-state index is 0.00272. The van der Waals surface area contributed by atoms with Gasteiger partial charge >= 0.3 is 0 Å². The number of piperidine rings is 1. The number of hydrogen-bond donors (Lipinski definition) is 3. The molecular formula is C34H37FN2O6. The van der Waals surface area contributed by atoms with Crippen LogP contribution in [0, 0.1) is 18.2 Å². The van der Waals surface area contributed by atoms with Crippen LogP contribution in [0.5, 0.6) is 11.5 Å². The Kier molecular flexibility index (Phi) is 8.15. The summed E-state index contributed by atoms with van der Waals surface area (Å²) in [6.07, 6.45) is 2.55. The zero-order valence-electron chi connectivity index (χ0n) is 24.6. The summed E-state index contributed by atoms with van der Waals surface area (Å²) in [4.78, 5) is 46.0. The molecule has 3 aromatic carbocycles. The lowest BCUT2D eigenvalue weighted by molar-refractivity contribution is -0.162. The molecule has 0 saturated carbocycles. The summed E-state index contributed by atoms with van der Waals surface area (Å²) < 4.78 is 15.7. The Hall–Kier alpha value is -4.08. The highest BCUT2D eigenvalue weighted by atomic mass is 19.1. The van der Waals surface area contributed by atoms with Gasteiger partial charge in [0, 0.05) is 42.9 Å². The molecule has 2 fully saturated rings. The maximum absolute atomic E-state index is 15.7. The summed E-state index contributed by atoms with van der Waals surface area (Å²) in [5.41, 5.74) is -2.14. The van der Waals surface area contributed by atoms with Crippen molar-refractivity contribution >= 4 is 17.5 Å². The molecule has 3 N–H and O–H groups in total. The molecule has 8 nitrogen and oxygen atoms in total. The second-order valence-corrected chi connectivity index (χ2v) is 12.4. The van der Waals surface area contributed by atoms with Crippen molar-refractivity contribution in [2.75, 3.05) is 26.2 Å². The summed E-state index contributed by atoms with van der Waals surface area (Å²) in [6.45, 7) is 5.78. The highest BCUT2D eigenvalue weighted by Crippen LogP contribution is 2.54. The third-order valence-electron chi connectivity index (χ3n) is 8.46. The van der Waals surface area contributed by atoms with E-state index in [4.69, 9.17) is 0 Å². The van der Waals surface area contributed by atoms with Crippen LogP contribution in [0.3, 0.4) is 0 Å². The summed E-state index contributed by atoms with van der Waals surface area (Å²) >= 11 is 0. The lowest BCUT2D eigenvalue weighted by Gasteiger charge is -2.58. The van der Waals surface area contributed by atoms with E-state index in [-0.39, 0.29) is 58.3 Å². The van der Waals surface area contributed by atoms with Crippen LogP contribution in [-0.4, -0.2) is 74.4 Å². The molecule has 1 amide bonds. The van der Waals surface area contributed by atoms with Crippen LogP contribution in [-0.2, 0) is 4.79 Å². The van der Waals surface area contributed by atoms with Crippen LogP contribution in [0.4, 0.5) is 4.39 Å². The molecule has 43 heavy (non-hydrogen) atoms. The number of phenols is 2. The quantitative estimate of drug-likeness (QED) is 0.256. The number of carbonyl (C=O) groups excluding carboxylic acids is 3. The number of rotatable bonds is 8. The number of benzene rings is 3. The van der Waals surface area contributed by atoms with Crippen molar-refractivity contribution < 1.29 is 34.1 Å². The van der Waals surface area contributed by atoms with E-state index in [0.29, 0.717) is 13.1 Å². The van der Waals surface area contributed by atoms with Crippen LogP contribution in [0.25, 0.3) is 0 Å². The molecular weight excluding hydrogens is 551 g/mol. The minimum Gasteiger partial charge on any atom is -0.508 e. The minimum atomic E-state index is -1.69. The zero-order valence-corrected chi connectivity index (χ0v) is 24.6. The summed E-state index contributed by atoms with van der Waals surface area (Å²) in [5, 5.41) is 30.9. The number of ketones is 2. The molecule has 226 valence electrons. The molecule has 2 heterocycles. The van der Waals surface area contributed by atoms with Gasteiger partial charge in [0.15, 0.2) is 11.6 Å². The number of β-amino-alcohol motifs (C(OH)–C–C–N with tert-alkyl or cyclic N) is 1. The summed E-state index contributed by atoms with van der Waals surface area (Å²) in [5.74, 6) is -2.35. The zero-order chi connectivity index (χ0) is 31.1. The molecule has 9 heteroatoms.